The number of nitrogens with one attached hydrogen (secondary N) is 1. The first kappa shape index (κ1) is 13.9. The van der Waals surface area contributed by atoms with E-state index in [2.05, 4.69) is 10.5 Å². The summed E-state index contributed by atoms with van der Waals surface area (Å²) in [6, 6.07) is 11.2. The van der Waals surface area contributed by atoms with Crippen LogP contribution in [0, 0.1) is 11.6 Å². The van der Waals surface area contributed by atoms with Crippen molar-refractivity contribution in [3.8, 4) is 0 Å². The summed E-state index contributed by atoms with van der Waals surface area (Å²) in [5.74, 6) is -1.32. The van der Waals surface area contributed by atoms with Gasteiger partial charge in [-0.25, -0.2) is 14.2 Å². The van der Waals surface area contributed by atoms with Gasteiger partial charge in [0.1, 0.15) is 11.6 Å². The first-order chi connectivity index (χ1) is 9.58. The number of amides is 1. The highest BCUT2D eigenvalue weighted by molar-refractivity contribution is 6.01. The third kappa shape index (κ3) is 3.26. The van der Waals surface area contributed by atoms with Crippen LogP contribution in [0.2, 0.25) is 0 Å². The number of benzene rings is 2. The highest BCUT2D eigenvalue weighted by Gasteiger charge is 2.07. The van der Waals surface area contributed by atoms with E-state index < -0.39 is 17.5 Å². The Labute approximate surface area is 114 Å². The lowest BCUT2D eigenvalue weighted by Crippen LogP contribution is -2.19. The Kier molecular flexibility index (Phi) is 4.20. The molecule has 0 aliphatic carbocycles. The molecule has 0 saturated carbocycles. The largest absolute Gasteiger partial charge is 0.271 e. The van der Waals surface area contributed by atoms with Crippen LogP contribution in [-0.4, -0.2) is 11.6 Å². The zero-order chi connectivity index (χ0) is 14.5. The molecule has 0 bridgehead atoms. The Morgan fingerprint density at radius 3 is 2.35 bits per heavy atom. The normalized spacial score (nSPS) is 11.2. The highest BCUT2D eigenvalue weighted by Crippen LogP contribution is 2.07. The molecule has 2 aromatic rings. The van der Waals surface area contributed by atoms with E-state index >= 15 is 0 Å². The number of hydrazone groups is 1. The Morgan fingerprint density at radius 1 is 1.05 bits per heavy atom. The molecular formula is C15H12F2N2O. The van der Waals surface area contributed by atoms with E-state index in [1.807, 2.05) is 0 Å². The minimum Gasteiger partial charge on any atom is -0.267 e. The smallest absolute Gasteiger partial charge is 0.267 e. The summed E-state index contributed by atoms with van der Waals surface area (Å²) in [7, 11) is 0. The number of nitrogens with zero attached hydrogens (tertiary/aromatic N) is 1. The second-order valence-corrected chi connectivity index (χ2v) is 4.12. The van der Waals surface area contributed by atoms with Gasteiger partial charge < -0.3 is 0 Å². The summed E-state index contributed by atoms with van der Waals surface area (Å²) in [4.78, 5) is 11.7. The maximum atomic E-state index is 13.5. The van der Waals surface area contributed by atoms with Gasteiger partial charge in [0.2, 0.25) is 0 Å². The van der Waals surface area contributed by atoms with E-state index in [9.17, 15) is 13.6 Å². The number of halogens is 2. The van der Waals surface area contributed by atoms with Crippen molar-refractivity contribution in [2.75, 3.05) is 0 Å². The predicted molar refractivity (Wildman–Crippen MR) is 72.5 cm³/mol. The molecule has 2 rings (SSSR count). The van der Waals surface area contributed by atoms with Crippen molar-refractivity contribution < 1.29 is 13.6 Å². The van der Waals surface area contributed by atoms with Gasteiger partial charge in [-0.2, -0.15) is 5.10 Å². The monoisotopic (exact) mass is 274 g/mol. The molecule has 0 radical (unpaired) electrons. The average molecular weight is 274 g/mol. The molecule has 20 heavy (non-hydrogen) atoms. The zero-order valence-corrected chi connectivity index (χ0v) is 10.7. The van der Waals surface area contributed by atoms with Gasteiger partial charge in [0, 0.05) is 11.1 Å². The zero-order valence-electron chi connectivity index (χ0n) is 10.7. The maximum absolute atomic E-state index is 13.5. The lowest BCUT2D eigenvalue weighted by molar-refractivity contribution is 0.0955. The second-order valence-electron chi connectivity index (χ2n) is 4.12. The molecule has 5 heteroatoms. The number of carbonyl (C=O) groups excluding carboxylic acids is 1. The molecule has 1 amide bonds. The Morgan fingerprint density at radius 2 is 1.70 bits per heavy atom. The van der Waals surface area contributed by atoms with Crippen molar-refractivity contribution in [1.29, 1.82) is 0 Å². The molecule has 0 aromatic heterocycles. The van der Waals surface area contributed by atoms with Crippen molar-refractivity contribution in [3.05, 3.63) is 71.3 Å². The van der Waals surface area contributed by atoms with E-state index in [0.717, 1.165) is 0 Å². The fourth-order valence-corrected chi connectivity index (χ4v) is 1.62. The SMILES string of the molecule is CC(=NNC(=O)c1ccc(F)cc1)c1ccccc1F. The topological polar surface area (TPSA) is 41.5 Å². The lowest BCUT2D eigenvalue weighted by atomic mass is 10.1. The molecule has 1 N–H and O–H groups in total. The fourth-order valence-electron chi connectivity index (χ4n) is 1.62. The van der Waals surface area contributed by atoms with Crippen molar-refractivity contribution in [2.24, 2.45) is 5.10 Å². The van der Waals surface area contributed by atoms with Gasteiger partial charge in [-0.05, 0) is 37.3 Å². The van der Waals surface area contributed by atoms with Gasteiger partial charge in [-0.3, -0.25) is 4.79 Å². The fraction of sp³-hybridized carbons (Fsp3) is 0.0667. The van der Waals surface area contributed by atoms with Gasteiger partial charge in [-0.1, -0.05) is 18.2 Å². The summed E-state index contributed by atoms with van der Waals surface area (Å²) in [5.41, 5.74) is 3.24. The number of hydrogen-bond donors (Lipinski definition) is 1. The molecule has 2 aromatic carbocycles. The van der Waals surface area contributed by atoms with Crippen molar-refractivity contribution in [2.45, 2.75) is 6.92 Å². The number of hydrogen-bond acceptors (Lipinski definition) is 2. The Bertz CT molecular complexity index is 651. The first-order valence-corrected chi connectivity index (χ1v) is 5.93. The Balaban J connectivity index is 2.11. The van der Waals surface area contributed by atoms with Crippen molar-refractivity contribution >= 4 is 11.6 Å². The standard InChI is InChI=1S/C15H12F2N2O/c1-10(13-4-2-3-5-14(13)17)18-19-15(20)11-6-8-12(16)9-7-11/h2-9H,1H3,(H,19,20). The molecule has 0 aliphatic rings. The number of rotatable bonds is 3. The molecule has 0 saturated heterocycles. The minimum atomic E-state index is -0.485. The van der Waals surface area contributed by atoms with Crippen LogP contribution in [0.15, 0.2) is 53.6 Å². The van der Waals surface area contributed by atoms with Crippen molar-refractivity contribution in [3.63, 3.8) is 0 Å². The maximum Gasteiger partial charge on any atom is 0.271 e. The quantitative estimate of drug-likeness (QED) is 0.678. The van der Waals surface area contributed by atoms with Gasteiger partial charge in [0.05, 0.1) is 5.71 Å². The van der Waals surface area contributed by atoms with Gasteiger partial charge >= 0.3 is 0 Å². The second kappa shape index (κ2) is 6.06. The predicted octanol–water partition coefficient (Wildman–Crippen LogP) is 3.12. The van der Waals surface area contributed by atoms with E-state index in [-0.39, 0.29) is 5.56 Å². The van der Waals surface area contributed by atoms with Crippen LogP contribution in [-0.2, 0) is 0 Å². The average Bonchev–Trinajstić information content (AvgIpc) is 2.45. The Hall–Kier alpha value is -2.56. The molecule has 0 fully saturated rings. The molecular weight excluding hydrogens is 262 g/mol. The lowest BCUT2D eigenvalue weighted by Gasteiger charge is -2.04. The van der Waals surface area contributed by atoms with Crippen LogP contribution in [0.5, 0.6) is 0 Å². The minimum absolute atomic E-state index is 0.275. The van der Waals surface area contributed by atoms with Gasteiger partial charge in [0.25, 0.3) is 5.91 Å². The summed E-state index contributed by atoms with van der Waals surface area (Å²) in [6.07, 6.45) is 0. The van der Waals surface area contributed by atoms with E-state index in [4.69, 9.17) is 0 Å². The van der Waals surface area contributed by atoms with Crippen LogP contribution >= 0.6 is 0 Å². The van der Waals surface area contributed by atoms with Crippen LogP contribution in [0.3, 0.4) is 0 Å². The molecule has 3 nitrogen and oxygen atoms in total. The molecule has 0 unspecified atom stereocenters. The summed E-state index contributed by atoms with van der Waals surface area (Å²) >= 11 is 0. The molecule has 0 atom stereocenters. The van der Waals surface area contributed by atoms with Crippen LogP contribution < -0.4 is 5.43 Å². The third-order valence-corrected chi connectivity index (χ3v) is 2.70. The van der Waals surface area contributed by atoms with Crippen molar-refractivity contribution in [1.82, 2.24) is 5.43 Å². The van der Waals surface area contributed by atoms with E-state index in [1.165, 1.54) is 30.3 Å². The van der Waals surface area contributed by atoms with Gasteiger partial charge in [-0.15, -0.1) is 0 Å². The number of carbonyl (C=O) groups is 1. The molecule has 0 aliphatic heterocycles. The summed E-state index contributed by atoms with van der Waals surface area (Å²) in [6.45, 7) is 1.59. The first-order valence-electron chi connectivity index (χ1n) is 5.93. The van der Waals surface area contributed by atoms with Crippen LogP contribution in [0.4, 0.5) is 8.78 Å². The molecule has 0 heterocycles. The summed E-state index contributed by atoms with van der Waals surface area (Å²) < 4.78 is 26.2. The van der Waals surface area contributed by atoms with Crippen LogP contribution in [0.25, 0.3) is 0 Å². The summed E-state index contributed by atoms with van der Waals surface area (Å²) in [5, 5.41) is 3.84. The van der Waals surface area contributed by atoms with Gasteiger partial charge in [0.15, 0.2) is 0 Å². The van der Waals surface area contributed by atoms with E-state index in [1.54, 1.807) is 25.1 Å². The third-order valence-electron chi connectivity index (χ3n) is 2.70. The van der Waals surface area contributed by atoms with E-state index in [0.29, 0.717) is 11.3 Å². The van der Waals surface area contributed by atoms with Crippen LogP contribution in [0.1, 0.15) is 22.8 Å². The highest BCUT2D eigenvalue weighted by atomic mass is 19.1. The molecule has 102 valence electrons. The molecule has 0 spiro atoms.